The summed E-state index contributed by atoms with van der Waals surface area (Å²) >= 11 is 0. The average Bonchev–Trinajstić information content (AvgIpc) is 3.28. The molecular formula is C20H28N6O3. The minimum atomic E-state index is -1.03. The van der Waals surface area contributed by atoms with Gasteiger partial charge in [0.1, 0.15) is 5.69 Å². The van der Waals surface area contributed by atoms with Crippen molar-refractivity contribution in [2.75, 3.05) is 6.54 Å². The zero-order valence-corrected chi connectivity index (χ0v) is 17.0. The van der Waals surface area contributed by atoms with E-state index in [0.29, 0.717) is 25.2 Å². The molecule has 3 rings (SSSR count). The number of nitrogens with two attached hydrogens (primary N) is 1. The molecule has 156 valence electrons. The molecule has 0 aromatic carbocycles. The lowest BCUT2D eigenvalue weighted by atomic mass is 9.85. The lowest BCUT2D eigenvalue weighted by Gasteiger charge is -2.37. The Kier molecular flexibility index (Phi) is 6.29. The highest BCUT2D eigenvalue weighted by Crippen LogP contribution is 2.35. The summed E-state index contributed by atoms with van der Waals surface area (Å²) in [6, 6.07) is 4.85. The van der Waals surface area contributed by atoms with E-state index in [9.17, 15) is 9.90 Å². The van der Waals surface area contributed by atoms with E-state index < -0.39 is 23.8 Å². The van der Waals surface area contributed by atoms with Crippen LogP contribution in [0.1, 0.15) is 27.2 Å². The summed E-state index contributed by atoms with van der Waals surface area (Å²) in [7, 11) is 0. The van der Waals surface area contributed by atoms with Gasteiger partial charge in [0.2, 0.25) is 0 Å². The van der Waals surface area contributed by atoms with Crippen LogP contribution < -0.4 is 5.73 Å². The molecule has 1 fully saturated rings. The van der Waals surface area contributed by atoms with E-state index in [1.165, 1.54) is 0 Å². The van der Waals surface area contributed by atoms with Gasteiger partial charge in [0.25, 0.3) is 0 Å². The maximum absolute atomic E-state index is 12.4. The standard InChI is InChI=1S/C20H28N6O3/c1-4-17(27)20(3)18(14(2)21)26(19(28)29-20)12-8-7-11-25-13-16(23-24-25)15-9-5-6-10-22-15/h5-10,13-14,17-18,27H,4,11-12,21H2,1-3H3/b8-7+/t14-,17?,18-,20-/m1/s1. The number of carbonyl (C=O) groups excluding carboxylic acids is 1. The number of hydrogen-bond acceptors (Lipinski definition) is 7. The molecule has 0 spiro atoms. The predicted molar refractivity (Wildman–Crippen MR) is 108 cm³/mol. The second kappa shape index (κ2) is 8.71. The van der Waals surface area contributed by atoms with Crippen molar-refractivity contribution < 1.29 is 14.6 Å². The largest absolute Gasteiger partial charge is 0.438 e. The summed E-state index contributed by atoms with van der Waals surface area (Å²) in [4.78, 5) is 18.2. The van der Waals surface area contributed by atoms with Crippen molar-refractivity contribution in [3.63, 3.8) is 0 Å². The first kappa shape index (κ1) is 20.9. The van der Waals surface area contributed by atoms with Gasteiger partial charge in [-0.25, -0.2) is 9.48 Å². The van der Waals surface area contributed by atoms with Gasteiger partial charge in [0, 0.05) is 18.8 Å². The van der Waals surface area contributed by atoms with Crippen LogP contribution in [0.5, 0.6) is 0 Å². The molecule has 0 bridgehead atoms. The molecule has 9 heteroatoms. The average molecular weight is 400 g/mol. The Morgan fingerprint density at radius 2 is 2.10 bits per heavy atom. The Balaban J connectivity index is 1.64. The van der Waals surface area contributed by atoms with Gasteiger partial charge >= 0.3 is 6.09 Å². The quantitative estimate of drug-likeness (QED) is 0.646. The fourth-order valence-corrected chi connectivity index (χ4v) is 3.78. The van der Waals surface area contributed by atoms with Crippen LogP contribution in [-0.2, 0) is 11.3 Å². The fraction of sp³-hybridized carbons (Fsp3) is 0.500. The first-order valence-electron chi connectivity index (χ1n) is 9.76. The van der Waals surface area contributed by atoms with Crippen LogP contribution in [0, 0.1) is 0 Å². The Morgan fingerprint density at radius 1 is 1.34 bits per heavy atom. The van der Waals surface area contributed by atoms with E-state index >= 15 is 0 Å². The zero-order chi connectivity index (χ0) is 21.0. The number of aromatic nitrogens is 4. The summed E-state index contributed by atoms with van der Waals surface area (Å²) in [5.41, 5.74) is 6.56. The van der Waals surface area contributed by atoms with Crippen LogP contribution in [-0.4, -0.2) is 66.4 Å². The molecule has 3 heterocycles. The van der Waals surface area contributed by atoms with Crippen LogP contribution in [0.2, 0.25) is 0 Å². The maximum atomic E-state index is 12.4. The van der Waals surface area contributed by atoms with E-state index in [-0.39, 0.29) is 6.04 Å². The van der Waals surface area contributed by atoms with Gasteiger partial charge < -0.3 is 15.6 Å². The first-order valence-corrected chi connectivity index (χ1v) is 9.76. The third-order valence-electron chi connectivity index (χ3n) is 5.24. The van der Waals surface area contributed by atoms with Crippen molar-refractivity contribution in [3.05, 3.63) is 42.7 Å². The number of hydrogen-bond donors (Lipinski definition) is 2. The second-order valence-electron chi connectivity index (χ2n) is 7.44. The van der Waals surface area contributed by atoms with E-state index in [1.807, 2.05) is 50.4 Å². The molecule has 2 aromatic heterocycles. The molecule has 9 nitrogen and oxygen atoms in total. The van der Waals surface area contributed by atoms with Crippen molar-refractivity contribution in [1.29, 1.82) is 0 Å². The van der Waals surface area contributed by atoms with Crippen molar-refractivity contribution in [3.8, 4) is 11.4 Å². The fourth-order valence-electron chi connectivity index (χ4n) is 3.78. The molecule has 1 aliphatic heterocycles. The molecule has 2 aromatic rings. The number of cyclic esters (lactones) is 1. The minimum Gasteiger partial charge on any atom is -0.438 e. The highest BCUT2D eigenvalue weighted by atomic mass is 16.6. The van der Waals surface area contributed by atoms with Crippen LogP contribution in [0.3, 0.4) is 0 Å². The van der Waals surface area contributed by atoms with Crippen molar-refractivity contribution in [2.24, 2.45) is 5.73 Å². The van der Waals surface area contributed by atoms with E-state index in [2.05, 4.69) is 15.3 Å². The van der Waals surface area contributed by atoms with Gasteiger partial charge in [-0.2, -0.15) is 0 Å². The molecule has 29 heavy (non-hydrogen) atoms. The van der Waals surface area contributed by atoms with Gasteiger partial charge in [-0.15, -0.1) is 5.10 Å². The van der Waals surface area contributed by atoms with Gasteiger partial charge in [-0.1, -0.05) is 30.4 Å². The molecule has 0 saturated carbocycles. The number of ether oxygens (including phenoxy) is 1. The third kappa shape index (κ3) is 4.30. The first-order chi connectivity index (χ1) is 13.9. The Labute approximate surface area is 170 Å². The molecule has 0 radical (unpaired) electrons. The smallest absolute Gasteiger partial charge is 0.411 e. The zero-order valence-electron chi connectivity index (χ0n) is 17.0. The summed E-state index contributed by atoms with van der Waals surface area (Å²) in [6.07, 6.45) is 6.51. The van der Waals surface area contributed by atoms with Gasteiger partial charge in [0.15, 0.2) is 5.60 Å². The lowest BCUT2D eigenvalue weighted by molar-refractivity contribution is -0.0642. The number of nitrogens with zero attached hydrogens (tertiary/aromatic N) is 5. The monoisotopic (exact) mass is 400 g/mol. The van der Waals surface area contributed by atoms with Crippen LogP contribution >= 0.6 is 0 Å². The van der Waals surface area contributed by atoms with Crippen molar-refractivity contribution in [2.45, 2.75) is 57.5 Å². The van der Waals surface area contributed by atoms with Gasteiger partial charge in [-0.05, 0) is 32.4 Å². The van der Waals surface area contributed by atoms with Crippen molar-refractivity contribution in [1.82, 2.24) is 24.9 Å². The molecule has 1 unspecified atom stereocenters. The second-order valence-corrected chi connectivity index (χ2v) is 7.44. The molecular weight excluding hydrogens is 372 g/mol. The van der Waals surface area contributed by atoms with E-state index in [0.717, 1.165) is 5.69 Å². The molecule has 3 N–H and O–H groups in total. The number of allylic oxidation sites excluding steroid dienone is 1. The van der Waals surface area contributed by atoms with Gasteiger partial charge in [-0.3, -0.25) is 9.88 Å². The Bertz CT molecular complexity index is 853. The Morgan fingerprint density at radius 3 is 2.76 bits per heavy atom. The molecule has 0 aliphatic carbocycles. The molecule has 1 amide bonds. The topological polar surface area (TPSA) is 119 Å². The highest BCUT2D eigenvalue weighted by Gasteiger charge is 2.55. The summed E-state index contributed by atoms with van der Waals surface area (Å²) < 4.78 is 7.24. The Hall–Kier alpha value is -2.78. The number of carbonyl (C=O) groups is 1. The number of rotatable bonds is 8. The SMILES string of the molecule is CCC(O)[C@@]1(C)OC(=O)N(C/C=C/Cn2cc(-c3ccccn3)nn2)[C@@H]1[C@@H](C)N. The molecule has 1 aliphatic rings. The van der Waals surface area contributed by atoms with Crippen molar-refractivity contribution >= 4 is 6.09 Å². The van der Waals surface area contributed by atoms with Crippen LogP contribution in [0.25, 0.3) is 11.4 Å². The number of pyridine rings is 1. The summed E-state index contributed by atoms with van der Waals surface area (Å²) in [5, 5.41) is 18.6. The third-order valence-corrected chi connectivity index (χ3v) is 5.24. The van der Waals surface area contributed by atoms with E-state index in [4.69, 9.17) is 10.5 Å². The van der Waals surface area contributed by atoms with E-state index in [1.54, 1.807) is 22.7 Å². The summed E-state index contributed by atoms with van der Waals surface area (Å²) in [5.74, 6) is 0. The minimum absolute atomic E-state index is 0.332. The predicted octanol–water partition coefficient (Wildman–Crippen LogP) is 1.59. The number of amides is 1. The van der Waals surface area contributed by atoms with Gasteiger partial charge in [0.05, 0.1) is 30.6 Å². The molecule has 4 atom stereocenters. The highest BCUT2D eigenvalue weighted by molar-refractivity contribution is 5.72. The molecule has 1 saturated heterocycles. The maximum Gasteiger partial charge on any atom is 0.411 e. The number of aliphatic hydroxyl groups excluding tert-OH is 1. The van der Waals surface area contributed by atoms with Crippen LogP contribution in [0.15, 0.2) is 42.7 Å². The number of aliphatic hydroxyl groups is 1. The normalized spacial score (nSPS) is 24.1. The summed E-state index contributed by atoms with van der Waals surface area (Å²) in [6.45, 7) is 6.24. The van der Waals surface area contributed by atoms with Crippen LogP contribution in [0.4, 0.5) is 4.79 Å². The lowest BCUT2D eigenvalue weighted by Crippen LogP contribution is -2.58.